The standard InChI is InChI=1S/C14H16N2O4/c1-10(14(19)20-2)16-13(18)12-11(6-3-4-9-17)7-5-8-15-12/h5,7-8,10,17H,4,9H2,1-2H3,(H,16,18). The summed E-state index contributed by atoms with van der Waals surface area (Å²) in [4.78, 5) is 27.3. The molecule has 2 N–H and O–H groups in total. The van der Waals surface area contributed by atoms with E-state index in [1.165, 1.54) is 20.2 Å². The van der Waals surface area contributed by atoms with Crippen LogP contribution >= 0.6 is 0 Å². The van der Waals surface area contributed by atoms with E-state index in [2.05, 4.69) is 26.9 Å². The summed E-state index contributed by atoms with van der Waals surface area (Å²) in [5.41, 5.74) is 0.573. The molecule has 1 heterocycles. The van der Waals surface area contributed by atoms with Crippen molar-refractivity contribution in [1.29, 1.82) is 0 Å². The largest absolute Gasteiger partial charge is 0.467 e. The van der Waals surface area contributed by atoms with E-state index in [1.807, 2.05) is 0 Å². The van der Waals surface area contributed by atoms with E-state index in [0.29, 0.717) is 12.0 Å². The second kappa shape index (κ2) is 7.92. The molecule has 0 fully saturated rings. The van der Waals surface area contributed by atoms with Crippen LogP contribution in [0.2, 0.25) is 0 Å². The number of rotatable bonds is 4. The van der Waals surface area contributed by atoms with Gasteiger partial charge in [0.05, 0.1) is 19.3 Å². The molecule has 20 heavy (non-hydrogen) atoms. The highest BCUT2D eigenvalue weighted by molar-refractivity contribution is 5.97. The van der Waals surface area contributed by atoms with Crippen LogP contribution in [0, 0.1) is 11.8 Å². The lowest BCUT2D eigenvalue weighted by Crippen LogP contribution is -2.39. The molecule has 0 aliphatic rings. The van der Waals surface area contributed by atoms with Crippen molar-refractivity contribution in [2.75, 3.05) is 13.7 Å². The number of esters is 1. The molecule has 0 aliphatic heterocycles. The number of hydrogen-bond acceptors (Lipinski definition) is 5. The minimum atomic E-state index is -0.771. The van der Waals surface area contributed by atoms with Crippen LogP contribution in [0.5, 0.6) is 0 Å². The third-order valence-electron chi connectivity index (χ3n) is 2.38. The van der Waals surface area contributed by atoms with Crippen molar-refractivity contribution in [3.63, 3.8) is 0 Å². The maximum atomic E-state index is 12.0. The Morgan fingerprint density at radius 3 is 2.95 bits per heavy atom. The Morgan fingerprint density at radius 2 is 2.30 bits per heavy atom. The molecule has 6 nitrogen and oxygen atoms in total. The Morgan fingerprint density at radius 1 is 1.55 bits per heavy atom. The molecule has 0 saturated carbocycles. The quantitative estimate of drug-likeness (QED) is 0.602. The van der Waals surface area contributed by atoms with Crippen LogP contribution in [0.4, 0.5) is 0 Å². The normalized spacial score (nSPS) is 10.9. The van der Waals surface area contributed by atoms with Crippen molar-refractivity contribution in [2.45, 2.75) is 19.4 Å². The Bertz CT molecular complexity index is 546. The zero-order valence-electron chi connectivity index (χ0n) is 11.3. The molecule has 1 aromatic heterocycles. The van der Waals surface area contributed by atoms with Crippen molar-refractivity contribution < 1.29 is 19.4 Å². The lowest BCUT2D eigenvalue weighted by atomic mass is 10.1. The van der Waals surface area contributed by atoms with E-state index >= 15 is 0 Å². The van der Waals surface area contributed by atoms with Crippen molar-refractivity contribution in [3.05, 3.63) is 29.6 Å². The van der Waals surface area contributed by atoms with Crippen molar-refractivity contribution in [3.8, 4) is 11.8 Å². The third-order valence-corrected chi connectivity index (χ3v) is 2.38. The van der Waals surface area contributed by atoms with Gasteiger partial charge < -0.3 is 15.2 Å². The van der Waals surface area contributed by atoms with Crippen LogP contribution in [-0.4, -0.2) is 41.7 Å². The highest BCUT2D eigenvalue weighted by Crippen LogP contribution is 2.04. The van der Waals surface area contributed by atoms with Crippen molar-refractivity contribution in [1.82, 2.24) is 10.3 Å². The first kappa shape index (κ1) is 15.7. The number of nitrogens with zero attached hydrogens (tertiary/aromatic N) is 1. The molecule has 6 heteroatoms. The number of pyridine rings is 1. The highest BCUT2D eigenvalue weighted by Gasteiger charge is 2.19. The van der Waals surface area contributed by atoms with Crippen molar-refractivity contribution >= 4 is 11.9 Å². The fraction of sp³-hybridized carbons (Fsp3) is 0.357. The summed E-state index contributed by atoms with van der Waals surface area (Å²) in [5.74, 6) is 4.44. The molecule has 1 unspecified atom stereocenters. The Balaban J connectivity index is 2.88. The molecule has 0 aromatic carbocycles. The molecule has 1 aromatic rings. The van der Waals surface area contributed by atoms with E-state index in [-0.39, 0.29) is 12.3 Å². The molecule has 0 spiro atoms. The van der Waals surface area contributed by atoms with E-state index < -0.39 is 17.9 Å². The van der Waals surface area contributed by atoms with Gasteiger partial charge in [-0.25, -0.2) is 9.78 Å². The molecule has 1 atom stereocenters. The van der Waals surface area contributed by atoms with Crippen LogP contribution in [0.25, 0.3) is 0 Å². The number of hydrogen-bond donors (Lipinski definition) is 2. The SMILES string of the molecule is COC(=O)C(C)NC(=O)c1ncccc1C#CCCO. The van der Waals surface area contributed by atoms with Gasteiger partial charge in [-0.1, -0.05) is 11.8 Å². The van der Waals surface area contributed by atoms with Gasteiger partial charge in [0, 0.05) is 12.6 Å². The Kier molecular flexibility index (Phi) is 6.20. The average molecular weight is 276 g/mol. The van der Waals surface area contributed by atoms with Crippen LogP contribution in [-0.2, 0) is 9.53 Å². The summed E-state index contributed by atoms with van der Waals surface area (Å²) in [6, 6.07) is 2.53. The van der Waals surface area contributed by atoms with Gasteiger partial charge in [-0.15, -0.1) is 0 Å². The number of amides is 1. The number of aliphatic hydroxyl groups excluding tert-OH is 1. The first-order valence-corrected chi connectivity index (χ1v) is 6.03. The highest BCUT2D eigenvalue weighted by atomic mass is 16.5. The fourth-order valence-electron chi connectivity index (χ4n) is 1.40. The molecule has 1 rings (SSSR count). The van der Waals surface area contributed by atoms with Gasteiger partial charge in [-0.3, -0.25) is 4.79 Å². The van der Waals surface area contributed by atoms with Crippen molar-refractivity contribution in [2.24, 2.45) is 0 Å². The van der Waals surface area contributed by atoms with Crippen LogP contribution in [0.3, 0.4) is 0 Å². The van der Waals surface area contributed by atoms with Gasteiger partial charge in [-0.2, -0.15) is 0 Å². The molecule has 0 radical (unpaired) electrons. The molecule has 1 amide bonds. The monoisotopic (exact) mass is 276 g/mol. The number of aromatic nitrogens is 1. The molecule has 0 aliphatic carbocycles. The van der Waals surface area contributed by atoms with Gasteiger partial charge in [0.2, 0.25) is 0 Å². The second-order valence-corrected chi connectivity index (χ2v) is 3.89. The zero-order chi connectivity index (χ0) is 15.0. The summed E-state index contributed by atoms with van der Waals surface area (Å²) in [6.07, 6.45) is 1.78. The Hall–Kier alpha value is -2.39. The lowest BCUT2D eigenvalue weighted by Gasteiger charge is -2.11. The number of carbonyl (C=O) groups is 2. The van der Waals surface area contributed by atoms with Crippen LogP contribution in [0.15, 0.2) is 18.3 Å². The first-order chi connectivity index (χ1) is 9.60. The first-order valence-electron chi connectivity index (χ1n) is 6.03. The van der Waals surface area contributed by atoms with Crippen LogP contribution in [0.1, 0.15) is 29.4 Å². The van der Waals surface area contributed by atoms with Gasteiger partial charge in [0.1, 0.15) is 11.7 Å². The lowest BCUT2D eigenvalue weighted by molar-refractivity contribution is -0.142. The number of carbonyl (C=O) groups excluding carboxylic acids is 2. The molecule has 0 bridgehead atoms. The number of methoxy groups -OCH3 is 1. The number of nitrogens with one attached hydrogen (secondary N) is 1. The van der Waals surface area contributed by atoms with E-state index in [4.69, 9.17) is 5.11 Å². The Labute approximate surface area is 117 Å². The minimum Gasteiger partial charge on any atom is -0.467 e. The zero-order valence-corrected chi connectivity index (χ0v) is 11.3. The summed E-state index contributed by atoms with van der Waals surface area (Å²) >= 11 is 0. The van der Waals surface area contributed by atoms with Gasteiger partial charge in [0.15, 0.2) is 0 Å². The predicted octanol–water partition coefficient (Wildman–Crippen LogP) is 0.107. The number of aliphatic hydroxyl groups is 1. The number of ether oxygens (including phenoxy) is 1. The maximum absolute atomic E-state index is 12.0. The predicted molar refractivity (Wildman–Crippen MR) is 71.8 cm³/mol. The molecule has 0 saturated heterocycles. The summed E-state index contributed by atoms with van der Waals surface area (Å²) in [6.45, 7) is 1.47. The third kappa shape index (κ3) is 4.37. The summed E-state index contributed by atoms with van der Waals surface area (Å²) in [7, 11) is 1.25. The van der Waals surface area contributed by atoms with Gasteiger partial charge >= 0.3 is 5.97 Å². The van der Waals surface area contributed by atoms with E-state index in [1.54, 1.807) is 12.1 Å². The van der Waals surface area contributed by atoms with E-state index in [9.17, 15) is 9.59 Å². The topological polar surface area (TPSA) is 88.5 Å². The van der Waals surface area contributed by atoms with Gasteiger partial charge in [-0.05, 0) is 19.1 Å². The van der Waals surface area contributed by atoms with E-state index in [0.717, 1.165) is 0 Å². The fourth-order valence-corrected chi connectivity index (χ4v) is 1.40. The molecule has 106 valence electrons. The second-order valence-electron chi connectivity index (χ2n) is 3.89. The minimum absolute atomic E-state index is 0.0475. The molecular formula is C14H16N2O4. The average Bonchev–Trinajstić information content (AvgIpc) is 2.47. The smallest absolute Gasteiger partial charge is 0.328 e. The summed E-state index contributed by atoms with van der Waals surface area (Å²) in [5, 5.41) is 11.2. The maximum Gasteiger partial charge on any atom is 0.328 e. The van der Waals surface area contributed by atoms with Crippen LogP contribution < -0.4 is 5.32 Å². The summed E-state index contributed by atoms with van der Waals surface area (Å²) < 4.78 is 4.53. The molecular weight excluding hydrogens is 260 g/mol. The van der Waals surface area contributed by atoms with Gasteiger partial charge in [0.25, 0.3) is 5.91 Å².